The van der Waals surface area contributed by atoms with Gasteiger partial charge < -0.3 is 20.3 Å². The third kappa shape index (κ3) is 5.10. The molecule has 8 atom stereocenters. The van der Waals surface area contributed by atoms with Gasteiger partial charge in [-0.3, -0.25) is 9.59 Å². The van der Waals surface area contributed by atoms with Crippen LogP contribution in [-0.4, -0.2) is 45.9 Å². The number of carbonyl (C=O) groups excluding carboxylic acids is 2. The molecule has 1 saturated heterocycles. The van der Waals surface area contributed by atoms with E-state index in [1.54, 1.807) is 0 Å². The number of nitrogens with one attached hydrogen (secondary N) is 1. The Morgan fingerprint density at radius 3 is 2.60 bits per heavy atom. The Hall–Kier alpha value is -2.44. The summed E-state index contributed by atoms with van der Waals surface area (Å²) in [7, 11) is 0. The average Bonchev–Trinajstić information content (AvgIpc) is 3.09. The lowest BCUT2D eigenvalue weighted by atomic mass is 9.59. The number of allylic oxidation sites excluding steroid dienone is 1. The van der Waals surface area contributed by atoms with Crippen LogP contribution in [0.1, 0.15) is 57.9 Å². The maximum absolute atomic E-state index is 13.8. The molecule has 1 aromatic rings. The predicted molar refractivity (Wildman–Crippen MR) is 134 cm³/mol. The number of hydrogen-bond donors (Lipinski definition) is 3. The van der Waals surface area contributed by atoms with E-state index < -0.39 is 29.7 Å². The first-order chi connectivity index (χ1) is 16.7. The van der Waals surface area contributed by atoms with Crippen LogP contribution >= 0.6 is 0 Å². The van der Waals surface area contributed by atoms with Gasteiger partial charge in [0.25, 0.3) is 5.91 Å². The number of aliphatic hydroxyl groups excluding tert-OH is 2. The van der Waals surface area contributed by atoms with E-state index in [1.165, 1.54) is 0 Å². The van der Waals surface area contributed by atoms with Crippen molar-refractivity contribution in [3.05, 3.63) is 60.2 Å². The standard InChI is InChI=1S/C29H39NO5/c1-18-9-7-13-22(31)15-16-25(32)35-29-23(14-8-10-18)27(33)20(3)19(2)26(29)24(30-28(29)34)17-21-11-5-4-6-12-21/h4-6,8,11-12,14,18-19,22-24,26-27,31,33H,3,7,9-10,13,15-17H2,1-2H3,(H,30,34)/b14-8+/t18-,19-,22-,23+,24+,26+,27-,29?/m1/s1. The Morgan fingerprint density at radius 1 is 1.11 bits per heavy atom. The van der Waals surface area contributed by atoms with Crippen molar-refractivity contribution in [2.45, 2.75) is 82.6 Å². The number of aliphatic hydroxyl groups is 2. The molecule has 1 spiro atoms. The van der Waals surface area contributed by atoms with Crippen LogP contribution in [0.25, 0.3) is 0 Å². The summed E-state index contributed by atoms with van der Waals surface area (Å²) >= 11 is 0. The number of ether oxygens (including phenoxy) is 1. The summed E-state index contributed by atoms with van der Waals surface area (Å²) in [6.45, 7) is 8.32. The number of carbonyl (C=O) groups is 2. The number of amides is 1. The van der Waals surface area contributed by atoms with Crippen LogP contribution in [0.15, 0.2) is 54.6 Å². The van der Waals surface area contributed by atoms with Crippen molar-refractivity contribution in [3.63, 3.8) is 0 Å². The lowest BCUT2D eigenvalue weighted by molar-refractivity contribution is -0.187. The molecule has 190 valence electrons. The highest BCUT2D eigenvalue weighted by molar-refractivity contribution is 5.92. The molecule has 1 saturated carbocycles. The van der Waals surface area contributed by atoms with Crippen LogP contribution < -0.4 is 5.32 Å². The lowest BCUT2D eigenvalue weighted by Crippen LogP contribution is -2.61. The van der Waals surface area contributed by atoms with E-state index in [0.29, 0.717) is 30.8 Å². The van der Waals surface area contributed by atoms with Crippen LogP contribution in [0.5, 0.6) is 0 Å². The van der Waals surface area contributed by atoms with Gasteiger partial charge in [0, 0.05) is 18.4 Å². The van der Waals surface area contributed by atoms with Gasteiger partial charge in [0.1, 0.15) is 0 Å². The highest BCUT2D eigenvalue weighted by atomic mass is 16.6. The zero-order valence-corrected chi connectivity index (χ0v) is 20.9. The maximum Gasteiger partial charge on any atom is 0.306 e. The molecule has 4 rings (SSSR count). The van der Waals surface area contributed by atoms with Crippen molar-refractivity contribution in [3.8, 4) is 0 Å². The minimum atomic E-state index is -1.52. The normalized spacial score (nSPS) is 39.5. The van der Waals surface area contributed by atoms with Gasteiger partial charge in [-0.2, -0.15) is 0 Å². The van der Waals surface area contributed by atoms with Crippen molar-refractivity contribution < 1.29 is 24.5 Å². The van der Waals surface area contributed by atoms with Gasteiger partial charge in [-0.1, -0.05) is 75.8 Å². The van der Waals surface area contributed by atoms with Gasteiger partial charge >= 0.3 is 5.97 Å². The number of benzene rings is 1. The Balaban J connectivity index is 1.75. The van der Waals surface area contributed by atoms with Gasteiger partial charge in [-0.05, 0) is 48.7 Å². The maximum atomic E-state index is 13.8. The third-order valence-electron chi connectivity index (χ3n) is 8.32. The van der Waals surface area contributed by atoms with E-state index in [4.69, 9.17) is 4.74 Å². The fourth-order valence-corrected chi connectivity index (χ4v) is 6.30. The van der Waals surface area contributed by atoms with E-state index >= 15 is 0 Å². The van der Waals surface area contributed by atoms with Crippen LogP contribution in [0.4, 0.5) is 0 Å². The van der Waals surface area contributed by atoms with Gasteiger partial charge in [0.15, 0.2) is 0 Å². The number of hydrogen-bond acceptors (Lipinski definition) is 5. The minimum absolute atomic E-state index is 0.0314. The summed E-state index contributed by atoms with van der Waals surface area (Å²) in [5.41, 5.74) is 0.219. The Kier molecular flexibility index (Phi) is 7.82. The van der Waals surface area contributed by atoms with E-state index in [-0.39, 0.29) is 30.2 Å². The monoisotopic (exact) mass is 481 g/mol. The van der Waals surface area contributed by atoms with E-state index in [1.807, 2.05) is 49.4 Å². The first-order valence-electron chi connectivity index (χ1n) is 13.0. The Bertz CT molecular complexity index is 959. The summed E-state index contributed by atoms with van der Waals surface area (Å²) in [6, 6.07) is 9.66. The molecule has 1 aliphatic carbocycles. The van der Waals surface area contributed by atoms with Gasteiger partial charge in [0.05, 0.1) is 18.1 Å². The van der Waals surface area contributed by atoms with Crippen molar-refractivity contribution in [1.82, 2.24) is 5.32 Å². The molecule has 6 heteroatoms. The molecule has 2 aliphatic heterocycles. The predicted octanol–water partition coefficient (Wildman–Crippen LogP) is 3.72. The first-order valence-corrected chi connectivity index (χ1v) is 13.0. The van der Waals surface area contributed by atoms with Crippen LogP contribution in [0, 0.1) is 23.7 Å². The Morgan fingerprint density at radius 2 is 1.86 bits per heavy atom. The van der Waals surface area contributed by atoms with Crippen LogP contribution in [0.2, 0.25) is 0 Å². The highest BCUT2D eigenvalue weighted by Gasteiger charge is 2.67. The van der Waals surface area contributed by atoms with Crippen molar-refractivity contribution in [2.75, 3.05) is 0 Å². The quantitative estimate of drug-likeness (QED) is 0.442. The zero-order chi connectivity index (χ0) is 25.2. The molecular weight excluding hydrogens is 442 g/mol. The molecule has 2 heterocycles. The molecule has 1 amide bonds. The highest BCUT2D eigenvalue weighted by Crippen LogP contribution is 2.52. The number of esters is 1. The van der Waals surface area contributed by atoms with Gasteiger partial charge in [-0.15, -0.1) is 0 Å². The summed E-state index contributed by atoms with van der Waals surface area (Å²) < 4.78 is 6.14. The van der Waals surface area contributed by atoms with Crippen molar-refractivity contribution >= 4 is 11.9 Å². The SMILES string of the molecule is C=C1[C@@H](C)[C@H]2[C@H](Cc3ccccc3)NC(=O)C23OC(=O)CC[C@H](O)CCC[C@@H](C)C/C=C/[C@H]3[C@@H]1O. The molecule has 0 bridgehead atoms. The lowest BCUT2D eigenvalue weighted by Gasteiger charge is -2.49. The van der Waals surface area contributed by atoms with E-state index in [0.717, 1.165) is 24.8 Å². The molecule has 1 aromatic carbocycles. The van der Waals surface area contributed by atoms with Crippen LogP contribution in [0.3, 0.4) is 0 Å². The topological polar surface area (TPSA) is 95.9 Å². The number of rotatable bonds is 2. The van der Waals surface area contributed by atoms with E-state index in [2.05, 4.69) is 18.8 Å². The van der Waals surface area contributed by atoms with E-state index in [9.17, 15) is 19.8 Å². The second-order valence-corrected chi connectivity index (χ2v) is 10.8. The second kappa shape index (κ2) is 10.7. The van der Waals surface area contributed by atoms with Crippen LogP contribution in [-0.2, 0) is 20.7 Å². The zero-order valence-electron chi connectivity index (χ0n) is 20.9. The second-order valence-electron chi connectivity index (χ2n) is 10.8. The minimum Gasteiger partial charge on any atom is -0.448 e. The summed E-state index contributed by atoms with van der Waals surface area (Å²) in [5.74, 6) is -1.80. The fourth-order valence-electron chi connectivity index (χ4n) is 6.30. The van der Waals surface area contributed by atoms with Crippen molar-refractivity contribution in [2.24, 2.45) is 23.7 Å². The molecule has 3 N–H and O–H groups in total. The molecule has 6 nitrogen and oxygen atoms in total. The van der Waals surface area contributed by atoms with Gasteiger partial charge in [0.2, 0.25) is 5.60 Å². The molecule has 1 unspecified atom stereocenters. The summed E-state index contributed by atoms with van der Waals surface area (Å²) in [4.78, 5) is 26.9. The molecule has 35 heavy (non-hydrogen) atoms. The smallest absolute Gasteiger partial charge is 0.306 e. The largest absolute Gasteiger partial charge is 0.448 e. The average molecular weight is 482 g/mol. The van der Waals surface area contributed by atoms with Gasteiger partial charge in [-0.25, -0.2) is 0 Å². The van der Waals surface area contributed by atoms with Crippen molar-refractivity contribution in [1.29, 1.82) is 0 Å². The molecule has 2 fully saturated rings. The fraction of sp³-hybridized carbons (Fsp3) is 0.586. The molecular formula is C29H39NO5. The molecule has 3 aliphatic rings. The summed E-state index contributed by atoms with van der Waals surface area (Å²) in [5, 5.41) is 24.8. The third-order valence-corrected chi connectivity index (χ3v) is 8.32. The molecule has 0 aromatic heterocycles. The summed E-state index contributed by atoms with van der Waals surface area (Å²) in [6.07, 6.45) is 6.53. The molecule has 0 radical (unpaired) electrons. The first kappa shape index (κ1) is 25.6. The Labute approximate surface area is 208 Å².